The highest BCUT2D eigenvalue weighted by molar-refractivity contribution is 6.06. The Morgan fingerprint density at radius 1 is 1.13 bits per heavy atom. The van der Waals surface area contributed by atoms with Crippen molar-refractivity contribution in [2.45, 2.75) is 26.6 Å². The van der Waals surface area contributed by atoms with Crippen LogP contribution in [0.25, 0.3) is 10.9 Å². The third kappa shape index (κ3) is 4.73. The molecule has 3 rings (SSSR count). The van der Waals surface area contributed by atoms with Crippen molar-refractivity contribution in [2.24, 2.45) is 0 Å². The molecular formula is C21H18F3N3O3. The van der Waals surface area contributed by atoms with Crippen LogP contribution in [0.3, 0.4) is 0 Å². The van der Waals surface area contributed by atoms with Crippen LogP contribution in [-0.2, 0) is 6.54 Å². The molecule has 6 nitrogen and oxygen atoms in total. The van der Waals surface area contributed by atoms with E-state index in [1.54, 1.807) is 32.0 Å². The van der Waals surface area contributed by atoms with Gasteiger partial charge in [-0.2, -0.15) is 13.2 Å². The lowest BCUT2D eigenvalue weighted by atomic mass is 10.0. The second kappa shape index (κ2) is 8.10. The summed E-state index contributed by atoms with van der Waals surface area (Å²) in [5, 5.41) is 11.7. The summed E-state index contributed by atoms with van der Waals surface area (Å²) in [5.74, 6) is -0.869. The molecule has 9 heteroatoms. The Balaban J connectivity index is 2.10. The SMILES string of the molecule is Cc1ccc2nc(C)cc(C(=O)N(Cc3ccccc3[N+](=O)[O-])CC(F)(F)F)c2c1. The number of aromatic nitrogens is 1. The Hall–Kier alpha value is -3.49. The average Bonchev–Trinajstić information content (AvgIpc) is 2.66. The zero-order chi connectivity index (χ0) is 22.1. The first-order valence-corrected chi connectivity index (χ1v) is 9.01. The summed E-state index contributed by atoms with van der Waals surface area (Å²) in [6, 6.07) is 12.1. The van der Waals surface area contributed by atoms with Gasteiger partial charge in [-0.25, -0.2) is 0 Å². The molecule has 0 saturated heterocycles. The molecule has 3 aromatic rings. The molecule has 1 aromatic heterocycles. The zero-order valence-corrected chi connectivity index (χ0v) is 16.2. The minimum absolute atomic E-state index is 0.0198. The van der Waals surface area contributed by atoms with E-state index in [1.807, 2.05) is 0 Å². The van der Waals surface area contributed by atoms with E-state index in [2.05, 4.69) is 4.98 Å². The first-order valence-electron chi connectivity index (χ1n) is 9.01. The second-order valence-corrected chi connectivity index (χ2v) is 6.99. The number of carbonyl (C=O) groups excluding carboxylic acids is 1. The number of hydrogen-bond acceptors (Lipinski definition) is 4. The lowest BCUT2D eigenvalue weighted by Crippen LogP contribution is -2.38. The van der Waals surface area contributed by atoms with Gasteiger partial charge in [-0.3, -0.25) is 19.9 Å². The maximum Gasteiger partial charge on any atom is 0.406 e. The highest BCUT2D eigenvalue weighted by Gasteiger charge is 2.35. The predicted octanol–water partition coefficient (Wildman–Crippen LogP) is 4.96. The van der Waals surface area contributed by atoms with Crippen molar-refractivity contribution in [1.29, 1.82) is 0 Å². The van der Waals surface area contributed by atoms with Gasteiger partial charge in [-0.1, -0.05) is 29.8 Å². The molecule has 0 aliphatic carbocycles. The van der Waals surface area contributed by atoms with Gasteiger partial charge in [0.2, 0.25) is 0 Å². The second-order valence-electron chi connectivity index (χ2n) is 6.99. The number of para-hydroxylation sites is 1. The average molecular weight is 417 g/mol. The molecular weight excluding hydrogens is 399 g/mol. The molecule has 0 saturated carbocycles. The Kier molecular flexibility index (Phi) is 5.73. The van der Waals surface area contributed by atoms with E-state index in [1.165, 1.54) is 30.3 Å². The number of alkyl halides is 3. The Bertz CT molecular complexity index is 1130. The van der Waals surface area contributed by atoms with Crippen LogP contribution < -0.4 is 0 Å². The molecule has 1 heterocycles. The highest BCUT2D eigenvalue weighted by Crippen LogP contribution is 2.27. The lowest BCUT2D eigenvalue weighted by molar-refractivity contribution is -0.385. The standard InChI is InChI=1S/C21H18F3N3O3/c1-13-7-8-18-16(9-13)17(10-14(2)25-18)20(28)26(12-21(22,23)24)11-15-5-3-4-6-19(15)27(29)30/h3-10H,11-12H2,1-2H3. The van der Waals surface area contributed by atoms with Gasteiger partial charge in [-0.15, -0.1) is 0 Å². The fourth-order valence-corrected chi connectivity index (χ4v) is 3.26. The molecule has 0 fully saturated rings. The van der Waals surface area contributed by atoms with Gasteiger partial charge in [0.15, 0.2) is 0 Å². The van der Waals surface area contributed by atoms with Crippen molar-refractivity contribution in [1.82, 2.24) is 9.88 Å². The Morgan fingerprint density at radius 3 is 2.50 bits per heavy atom. The fourth-order valence-electron chi connectivity index (χ4n) is 3.26. The number of nitro groups is 1. The summed E-state index contributed by atoms with van der Waals surface area (Å²) in [6.07, 6.45) is -4.67. The first kappa shape index (κ1) is 21.2. The molecule has 0 radical (unpaired) electrons. The minimum Gasteiger partial charge on any atom is -0.325 e. The number of fused-ring (bicyclic) bond motifs is 1. The largest absolute Gasteiger partial charge is 0.406 e. The van der Waals surface area contributed by atoms with Gasteiger partial charge in [0.25, 0.3) is 11.6 Å². The van der Waals surface area contributed by atoms with E-state index in [-0.39, 0.29) is 16.8 Å². The maximum absolute atomic E-state index is 13.3. The predicted molar refractivity (Wildman–Crippen MR) is 105 cm³/mol. The van der Waals surface area contributed by atoms with Gasteiger partial charge >= 0.3 is 6.18 Å². The summed E-state index contributed by atoms with van der Waals surface area (Å²) in [6.45, 7) is 1.36. The normalized spacial score (nSPS) is 11.5. The third-order valence-corrected chi connectivity index (χ3v) is 4.53. The zero-order valence-electron chi connectivity index (χ0n) is 16.2. The number of rotatable bonds is 5. The molecule has 0 atom stereocenters. The van der Waals surface area contributed by atoms with Crippen LogP contribution in [-0.4, -0.2) is 33.4 Å². The number of nitro benzene ring substituents is 1. The molecule has 30 heavy (non-hydrogen) atoms. The van der Waals surface area contributed by atoms with Crippen molar-refractivity contribution in [3.63, 3.8) is 0 Å². The van der Waals surface area contributed by atoms with Crippen LogP contribution in [0.5, 0.6) is 0 Å². The van der Waals surface area contributed by atoms with E-state index in [4.69, 9.17) is 0 Å². The number of hydrogen-bond donors (Lipinski definition) is 0. The van der Waals surface area contributed by atoms with Crippen molar-refractivity contribution in [3.05, 3.63) is 81.0 Å². The molecule has 0 aliphatic rings. The Labute approximate surface area is 170 Å². The van der Waals surface area contributed by atoms with Crippen LogP contribution in [0, 0.1) is 24.0 Å². The summed E-state index contributed by atoms with van der Waals surface area (Å²) >= 11 is 0. The molecule has 0 bridgehead atoms. The third-order valence-electron chi connectivity index (χ3n) is 4.53. The van der Waals surface area contributed by atoms with E-state index in [9.17, 15) is 28.1 Å². The number of pyridine rings is 1. The number of amides is 1. The van der Waals surface area contributed by atoms with Crippen LogP contribution in [0.2, 0.25) is 0 Å². The monoisotopic (exact) mass is 417 g/mol. The Morgan fingerprint density at radius 2 is 1.83 bits per heavy atom. The first-order chi connectivity index (χ1) is 14.0. The van der Waals surface area contributed by atoms with Crippen LogP contribution in [0.15, 0.2) is 48.5 Å². The number of benzene rings is 2. The number of aryl methyl sites for hydroxylation is 2. The van der Waals surface area contributed by atoms with Crippen LogP contribution in [0.1, 0.15) is 27.2 Å². The summed E-state index contributed by atoms with van der Waals surface area (Å²) in [7, 11) is 0. The number of carbonyl (C=O) groups is 1. The maximum atomic E-state index is 13.3. The van der Waals surface area contributed by atoms with Gasteiger partial charge in [0.1, 0.15) is 6.54 Å². The lowest BCUT2D eigenvalue weighted by Gasteiger charge is -2.25. The van der Waals surface area contributed by atoms with Crippen LogP contribution in [0.4, 0.5) is 18.9 Å². The smallest absolute Gasteiger partial charge is 0.325 e. The highest BCUT2D eigenvalue weighted by atomic mass is 19.4. The fraction of sp³-hybridized carbons (Fsp3) is 0.238. The van der Waals surface area contributed by atoms with Crippen molar-refractivity contribution >= 4 is 22.5 Å². The summed E-state index contributed by atoms with van der Waals surface area (Å²) in [4.78, 5) is 28.7. The van der Waals surface area contributed by atoms with Gasteiger partial charge < -0.3 is 4.90 Å². The number of nitrogens with zero attached hydrogens (tertiary/aromatic N) is 3. The minimum atomic E-state index is -4.67. The van der Waals surface area contributed by atoms with Gasteiger partial charge in [-0.05, 0) is 32.0 Å². The molecule has 0 unspecified atom stereocenters. The molecule has 2 aromatic carbocycles. The van der Waals surface area contributed by atoms with E-state index < -0.39 is 30.1 Å². The van der Waals surface area contributed by atoms with E-state index in [0.29, 0.717) is 21.5 Å². The van der Waals surface area contributed by atoms with Gasteiger partial charge in [0, 0.05) is 22.7 Å². The van der Waals surface area contributed by atoms with E-state index >= 15 is 0 Å². The van der Waals surface area contributed by atoms with Crippen LogP contribution >= 0.6 is 0 Å². The topological polar surface area (TPSA) is 76.3 Å². The summed E-state index contributed by atoms with van der Waals surface area (Å²) in [5.41, 5.74) is 1.54. The molecule has 0 spiro atoms. The molecule has 156 valence electrons. The molecule has 0 aliphatic heterocycles. The quantitative estimate of drug-likeness (QED) is 0.434. The van der Waals surface area contributed by atoms with Crippen molar-refractivity contribution < 1.29 is 22.9 Å². The summed E-state index contributed by atoms with van der Waals surface area (Å²) < 4.78 is 39.8. The van der Waals surface area contributed by atoms with Gasteiger partial charge in [0.05, 0.1) is 22.5 Å². The molecule has 0 N–H and O–H groups in total. The molecule has 1 amide bonds. The number of halogens is 3. The van der Waals surface area contributed by atoms with Crippen molar-refractivity contribution in [3.8, 4) is 0 Å². The van der Waals surface area contributed by atoms with E-state index in [0.717, 1.165) is 5.56 Å². The van der Waals surface area contributed by atoms with Crippen molar-refractivity contribution in [2.75, 3.05) is 6.54 Å².